The van der Waals surface area contributed by atoms with Crippen LogP contribution in [-0.2, 0) is 22.4 Å². The maximum atomic E-state index is 13.1. The van der Waals surface area contributed by atoms with E-state index < -0.39 is 23.9 Å². The number of hydrogen-bond donors (Lipinski definition) is 3. The lowest BCUT2D eigenvalue weighted by molar-refractivity contribution is -0.139. The van der Waals surface area contributed by atoms with E-state index in [9.17, 15) is 19.5 Å². The number of carboxylic acids is 2. The van der Waals surface area contributed by atoms with Gasteiger partial charge in [-0.3, -0.25) is 9.59 Å². The molecule has 5 rings (SSSR count). The van der Waals surface area contributed by atoms with Crippen LogP contribution in [0.5, 0.6) is 0 Å². The zero-order chi connectivity index (χ0) is 27.4. The van der Waals surface area contributed by atoms with Gasteiger partial charge in [-0.2, -0.15) is 0 Å². The van der Waals surface area contributed by atoms with Crippen LogP contribution in [-0.4, -0.2) is 43.7 Å². The normalized spacial score (nSPS) is 14.8. The maximum absolute atomic E-state index is 13.1. The van der Waals surface area contributed by atoms with Gasteiger partial charge in [-0.1, -0.05) is 43.5 Å². The van der Waals surface area contributed by atoms with Crippen LogP contribution in [0.1, 0.15) is 66.1 Å². The minimum absolute atomic E-state index is 0.0277. The number of hydrogen-bond acceptors (Lipinski definition) is 5. The zero-order valence-corrected chi connectivity index (χ0v) is 21.5. The molecule has 1 aliphatic carbocycles. The van der Waals surface area contributed by atoms with E-state index in [1.165, 1.54) is 6.42 Å². The molecule has 4 aromatic rings. The first-order valence-corrected chi connectivity index (χ1v) is 13.3. The molecule has 202 valence electrons. The molecule has 0 aliphatic heterocycles. The lowest BCUT2D eigenvalue weighted by Gasteiger charge is -2.25. The van der Waals surface area contributed by atoms with Crippen LogP contribution in [0.25, 0.3) is 22.4 Å². The van der Waals surface area contributed by atoms with Crippen molar-refractivity contribution < 1.29 is 29.0 Å². The highest BCUT2D eigenvalue weighted by Gasteiger charge is 2.25. The Morgan fingerprint density at radius 3 is 2.41 bits per heavy atom. The molecular weight excluding hydrogens is 498 g/mol. The monoisotopic (exact) mass is 529 g/mol. The van der Waals surface area contributed by atoms with Crippen molar-refractivity contribution in [3.8, 4) is 11.4 Å². The number of amides is 1. The van der Waals surface area contributed by atoms with Gasteiger partial charge in [0.1, 0.15) is 18.1 Å². The molecule has 9 heteroatoms. The summed E-state index contributed by atoms with van der Waals surface area (Å²) < 4.78 is 7.57. The van der Waals surface area contributed by atoms with Gasteiger partial charge in [0.2, 0.25) is 0 Å². The second-order valence-corrected chi connectivity index (χ2v) is 10.1. The molecule has 3 N–H and O–H groups in total. The Bertz CT molecular complexity index is 1470. The smallest absolute Gasteiger partial charge is 0.326 e. The first-order valence-electron chi connectivity index (χ1n) is 13.3. The number of aliphatic carboxylic acids is 2. The standard InChI is InChI=1S/C30H31N3O6/c34-27(35)13-10-19-6-8-20(9-7-19)16-25(30(37)38)32-29(36)21-11-12-26-24(17-21)31-28(22-14-15-39-18-22)33(26)23-4-2-1-3-5-23/h6-9,11-12,14-15,17-18,23,25H,1-5,10,13,16H2,(H,32,36)(H,34,35)(H,37,38)/t25-/m0/s1. The van der Waals surface area contributed by atoms with Crippen LogP contribution in [0.15, 0.2) is 65.5 Å². The fourth-order valence-electron chi connectivity index (χ4n) is 5.31. The fourth-order valence-corrected chi connectivity index (χ4v) is 5.31. The Labute approximate surface area is 225 Å². The van der Waals surface area contributed by atoms with Crippen molar-refractivity contribution in [3.05, 3.63) is 77.7 Å². The molecule has 0 unspecified atom stereocenters. The van der Waals surface area contributed by atoms with Crippen LogP contribution in [0.2, 0.25) is 0 Å². The largest absolute Gasteiger partial charge is 0.481 e. The topological polar surface area (TPSA) is 135 Å². The molecule has 1 saturated carbocycles. The number of aromatic nitrogens is 2. The Hall–Kier alpha value is -4.40. The third-order valence-electron chi connectivity index (χ3n) is 7.36. The minimum atomic E-state index is -1.14. The van der Waals surface area contributed by atoms with E-state index in [1.54, 1.807) is 48.9 Å². The van der Waals surface area contributed by atoms with E-state index in [0.29, 0.717) is 23.5 Å². The molecule has 2 aromatic carbocycles. The lowest BCUT2D eigenvalue weighted by atomic mass is 9.95. The number of nitrogens with one attached hydrogen (secondary N) is 1. The molecule has 0 bridgehead atoms. The number of nitrogens with zero attached hydrogens (tertiary/aromatic N) is 2. The van der Waals surface area contributed by atoms with Gasteiger partial charge in [0.15, 0.2) is 0 Å². The number of carbonyl (C=O) groups is 3. The second kappa shape index (κ2) is 11.6. The highest BCUT2D eigenvalue weighted by Crippen LogP contribution is 2.36. The predicted octanol–water partition coefficient (Wildman–Crippen LogP) is 5.24. The Morgan fingerprint density at radius 2 is 1.74 bits per heavy atom. The van der Waals surface area contributed by atoms with Crippen LogP contribution in [0.4, 0.5) is 0 Å². The molecule has 1 atom stereocenters. The van der Waals surface area contributed by atoms with Gasteiger partial charge in [0.25, 0.3) is 5.91 Å². The molecule has 2 aromatic heterocycles. The highest BCUT2D eigenvalue weighted by molar-refractivity contribution is 5.99. The van der Waals surface area contributed by atoms with Crippen LogP contribution in [0.3, 0.4) is 0 Å². The first-order chi connectivity index (χ1) is 18.9. The summed E-state index contributed by atoms with van der Waals surface area (Å²) in [7, 11) is 0. The van der Waals surface area contributed by atoms with Gasteiger partial charge < -0.3 is 24.5 Å². The molecule has 39 heavy (non-hydrogen) atoms. The number of benzene rings is 2. The summed E-state index contributed by atoms with van der Waals surface area (Å²) >= 11 is 0. The number of imidazole rings is 1. The third-order valence-corrected chi connectivity index (χ3v) is 7.36. The Morgan fingerprint density at radius 1 is 1.00 bits per heavy atom. The Balaban J connectivity index is 1.35. The van der Waals surface area contributed by atoms with Gasteiger partial charge in [0, 0.05) is 24.4 Å². The van der Waals surface area contributed by atoms with Crippen molar-refractivity contribution in [1.29, 1.82) is 0 Å². The third kappa shape index (κ3) is 6.03. The van der Waals surface area contributed by atoms with Crippen molar-refractivity contribution >= 4 is 28.9 Å². The summed E-state index contributed by atoms with van der Waals surface area (Å²) in [5.41, 5.74) is 4.41. The van der Waals surface area contributed by atoms with Crippen molar-refractivity contribution in [2.24, 2.45) is 0 Å². The molecule has 2 heterocycles. The molecule has 1 fully saturated rings. The highest BCUT2D eigenvalue weighted by atomic mass is 16.4. The summed E-state index contributed by atoms with van der Waals surface area (Å²) in [4.78, 5) is 40.8. The molecule has 1 amide bonds. The van der Waals surface area contributed by atoms with Crippen LogP contribution >= 0.6 is 0 Å². The van der Waals surface area contributed by atoms with E-state index in [2.05, 4.69) is 9.88 Å². The molecule has 0 radical (unpaired) electrons. The molecule has 0 spiro atoms. The van der Waals surface area contributed by atoms with Gasteiger partial charge in [-0.25, -0.2) is 9.78 Å². The molecular formula is C30H31N3O6. The van der Waals surface area contributed by atoms with E-state index in [4.69, 9.17) is 14.5 Å². The zero-order valence-electron chi connectivity index (χ0n) is 21.5. The fraction of sp³-hybridized carbons (Fsp3) is 0.333. The van der Waals surface area contributed by atoms with E-state index in [-0.39, 0.29) is 12.8 Å². The maximum Gasteiger partial charge on any atom is 0.326 e. The average Bonchev–Trinajstić information content (AvgIpc) is 3.60. The SMILES string of the molecule is O=C(O)CCc1ccc(C[C@H](NC(=O)c2ccc3c(c2)nc(-c2ccoc2)n3C2CCCCC2)C(=O)O)cc1. The van der Waals surface area contributed by atoms with Crippen molar-refractivity contribution in [2.75, 3.05) is 0 Å². The molecule has 0 saturated heterocycles. The summed E-state index contributed by atoms with van der Waals surface area (Å²) in [5, 5.41) is 21.3. The van der Waals surface area contributed by atoms with Crippen molar-refractivity contribution in [3.63, 3.8) is 0 Å². The Kier molecular flexibility index (Phi) is 7.76. The lowest BCUT2D eigenvalue weighted by Crippen LogP contribution is -2.42. The molecule has 1 aliphatic rings. The van der Waals surface area contributed by atoms with Gasteiger partial charge in [-0.05, 0) is 54.7 Å². The predicted molar refractivity (Wildman–Crippen MR) is 145 cm³/mol. The van der Waals surface area contributed by atoms with Gasteiger partial charge in [0.05, 0.1) is 22.9 Å². The number of furan rings is 1. The summed E-state index contributed by atoms with van der Waals surface area (Å²) in [6.07, 6.45) is 9.51. The number of aryl methyl sites for hydroxylation is 1. The number of carboxylic acid groups (broad SMARTS) is 2. The van der Waals surface area contributed by atoms with Crippen LogP contribution < -0.4 is 5.32 Å². The van der Waals surface area contributed by atoms with E-state index in [1.807, 2.05) is 12.1 Å². The minimum Gasteiger partial charge on any atom is -0.481 e. The second-order valence-electron chi connectivity index (χ2n) is 10.1. The van der Waals surface area contributed by atoms with E-state index in [0.717, 1.165) is 53.7 Å². The summed E-state index contributed by atoms with van der Waals surface area (Å²) in [6.45, 7) is 0. The van der Waals surface area contributed by atoms with Gasteiger partial charge in [-0.15, -0.1) is 0 Å². The number of fused-ring (bicyclic) bond motifs is 1. The van der Waals surface area contributed by atoms with E-state index >= 15 is 0 Å². The quantitative estimate of drug-likeness (QED) is 0.256. The van der Waals surface area contributed by atoms with Crippen molar-refractivity contribution in [2.45, 2.75) is 63.5 Å². The van der Waals surface area contributed by atoms with Gasteiger partial charge >= 0.3 is 11.9 Å². The average molecular weight is 530 g/mol. The summed E-state index contributed by atoms with van der Waals surface area (Å²) in [5.74, 6) is -1.69. The molecule has 9 nitrogen and oxygen atoms in total. The first kappa shape index (κ1) is 26.2. The van der Waals surface area contributed by atoms with Crippen molar-refractivity contribution in [1.82, 2.24) is 14.9 Å². The number of carbonyl (C=O) groups excluding carboxylic acids is 1. The summed E-state index contributed by atoms with van der Waals surface area (Å²) in [6, 6.07) is 13.5. The number of rotatable bonds is 10. The van der Waals surface area contributed by atoms with Crippen LogP contribution in [0, 0.1) is 0 Å².